The number of hydrogen-bond donors (Lipinski definition) is 3. The summed E-state index contributed by atoms with van der Waals surface area (Å²) in [5.41, 5.74) is 3.43. The number of carboxylic acids is 1. The van der Waals surface area contributed by atoms with E-state index in [1.54, 1.807) is 0 Å². The van der Waals surface area contributed by atoms with E-state index in [-0.39, 0.29) is 6.10 Å². The molecule has 7 nitrogen and oxygen atoms in total. The number of aliphatic hydroxyl groups is 1. The van der Waals surface area contributed by atoms with Gasteiger partial charge in [-0.25, -0.2) is 14.8 Å². The number of hydrogen-bond acceptors (Lipinski definition) is 6. The van der Waals surface area contributed by atoms with E-state index in [0.29, 0.717) is 0 Å². The minimum absolute atomic E-state index is 0.176. The molecule has 0 amide bonds. The molecule has 0 bridgehead atoms. The highest BCUT2D eigenvalue weighted by Crippen LogP contribution is 2.22. The average Bonchev–Trinajstić information content (AvgIpc) is 2.73. The van der Waals surface area contributed by atoms with Gasteiger partial charge in [0.1, 0.15) is 0 Å². The Morgan fingerprint density at radius 2 is 1.80 bits per heavy atom. The van der Waals surface area contributed by atoms with Crippen molar-refractivity contribution in [1.82, 2.24) is 15.3 Å². The molecule has 0 radical (unpaired) electrons. The molecule has 30 heavy (non-hydrogen) atoms. The highest BCUT2D eigenvalue weighted by atomic mass is 19.4. The van der Waals surface area contributed by atoms with Gasteiger partial charge in [0, 0.05) is 37.6 Å². The van der Waals surface area contributed by atoms with Gasteiger partial charge in [0.25, 0.3) is 0 Å². The lowest BCUT2D eigenvalue weighted by Gasteiger charge is -2.29. The van der Waals surface area contributed by atoms with Crippen molar-refractivity contribution in [3.8, 4) is 11.1 Å². The van der Waals surface area contributed by atoms with Crippen LogP contribution >= 0.6 is 0 Å². The molecule has 0 atom stereocenters. The average molecular weight is 426 g/mol. The summed E-state index contributed by atoms with van der Waals surface area (Å²) < 4.78 is 31.7. The second-order valence-electron chi connectivity index (χ2n) is 6.77. The van der Waals surface area contributed by atoms with Crippen molar-refractivity contribution < 1.29 is 28.2 Å². The number of carbonyl (C=O) groups is 1. The normalized spacial score (nSPS) is 14.8. The van der Waals surface area contributed by atoms with Crippen LogP contribution in [-0.2, 0) is 11.3 Å². The Bertz CT molecular complexity index is 808. The van der Waals surface area contributed by atoms with E-state index < -0.39 is 12.1 Å². The zero-order valence-corrected chi connectivity index (χ0v) is 16.6. The fourth-order valence-corrected chi connectivity index (χ4v) is 2.83. The molecule has 3 rings (SSSR count). The molecule has 164 valence electrons. The van der Waals surface area contributed by atoms with Gasteiger partial charge in [-0.15, -0.1) is 0 Å². The number of piperidine rings is 1. The molecule has 1 aromatic heterocycles. The van der Waals surface area contributed by atoms with Crippen LogP contribution in [0.4, 0.5) is 19.1 Å². The van der Waals surface area contributed by atoms with Gasteiger partial charge < -0.3 is 20.4 Å². The van der Waals surface area contributed by atoms with E-state index in [2.05, 4.69) is 51.4 Å². The number of aromatic nitrogens is 2. The molecule has 1 fully saturated rings. The molecule has 0 aliphatic carbocycles. The fraction of sp³-hybridized carbons (Fsp3) is 0.450. The second-order valence-corrected chi connectivity index (χ2v) is 6.77. The van der Waals surface area contributed by atoms with Gasteiger partial charge in [0.05, 0.1) is 6.10 Å². The minimum atomic E-state index is -5.08. The van der Waals surface area contributed by atoms with Crippen molar-refractivity contribution in [3.05, 3.63) is 42.2 Å². The lowest BCUT2D eigenvalue weighted by Crippen LogP contribution is -2.36. The van der Waals surface area contributed by atoms with Crippen LogP contribution < -0.4 is 10.2 Å². The van der Waals surface area contributed by atoms with Crippen LogP contribution in [0.3, 0.4) is 0 Å². The maximum atomic E-state index is 10.6. The first-order valence-electron chi connectivity index (χ1n) is 9.56. The van der Waals surface area contributed by atoms with Crippen LogP contribution in [0.25, 0.3) is 11.1 Å². The Balaban J connectivity index is 0.000000396. The van der Waals surface area contributed by atoms with E-state index >= 15 is 0 Å². The number of halogens is 3. The molecule has 1 aliphatic heterocycles. The van der Waals surface area contributed by atoms with E-state index in [9.17, 15) is 18.3 Å². The van der Waals surface area contributed by atoms with E-state index in [1.165, 1.54) is 5.56 Å². The third-order valence-electron chi connectivity index (χ3n) is 4.47. The quantitative estimate of drug-likeness (QED) is 0.676. The van der Waals surface area contributed by atoms with Crippen molar-refractivity contribution >= 4 is 11.9 Å². The number of aliphatic carboxylic acids is 1. The number of anilines is 1. The number of aliphatic hydroxyl groups excluding tert-OH is 1. The number of rotatable bonds is 5. The first-order valence-corrected chi connectivity index (χ1v) is 9.56. The summed E-state index contributed by atoms with van der Waals surface area (Å²) in [6.07, 6.45) is 0.0965. The maximum absolute atomic E-state index is 10.6. The highest BCUT2D eigenvalue weighted by Gasteiger charge is 2.38. The van der Waals surface area contributed by atoms with Crippen molar-refractivity contribution in [2.45, 2.75) is 38.6 Å². The van der Waals surface area contributed by atoms with Crippen LogP contribution in [0.5, 0.6) is 0 Å². The molecule has 2 aromatic rings. The Labute approximate surface area is 172 Å². The maximum Gasteiger partial charge on any atom is 0.490 e. The largest absolute Gasteiger partial charge is 0.490 e. The molecule has 0 spiro atoms. The zero-order chi connectivity index (χ0) is 22.1. The third kappa shape index (κ3) is 7.27. The molecule has 1 aromatic carbocycles. The van der Waals surface area contributed by atoms with Crippen LogP contribution in [-0.4, -0.2) is 58.1 Å². The Hall–Kier alpha value is -2.72. The van der Waals surface area contributed by atoms with E-state index in [4.69, 9.17) is 9.90 Å². The second kappa shape index (κ2) is 10.9. The molecule has 3 N–H and O–H groups in total. The van der Waals surface area contributed by atoms with Crippen LogP contribution in [0, 0.1) is 0 Å². The first-order chi connectivity index (χ1) is 14.2. The monoisotopic (exact) mass is 426 g/mol. The molecular weight excluding hydrogens is 401 g/mol. The van der Waals surface area contributed by atoms with Crippen LogP contribution in [0.1, 0.15) is 25.3 Å². The number of benzene rings is 1. The summed E-state index contributed by atoms with van der Waals surface area (Å²) in [5.74, 6) is -2.00. The predicted octanol–water partition coefficient (Wildman–Crippen LogP) is 2.85. The third-order valence-corrected chi connectivity index (χ3v) is 4.47. The summed E-state index contributed by atoms with van der Waals surface area (Å²) in [4.78, 5) is 20.1. The van der Waals surface area contributed by atoms with Crippen molar-refractivity contribution in [3.63, 3.8) is 0 Å². The number of carboxylic acid groups (broad SMARTS) is 1. The summed E-state index contributed by atoms with van der Waals surface area (Å²) in [5, 5.41) is 20.0. The summed E-state index contributed by atoms with van der Waals surface area (Å²) in [6.45, 7) is 5.58. The van der Waals surface area contributed by atoms with Crippen molar-refractivity contribution in [2.24, 2.45) is 0 Å². The van der Waals surface area contributed by atoms with Gasteiger partial charge in [-0.2, -0.15) is 13.2 Å². The first kappa shape index (κ1) is 23.6. The van der Waals surface area contributed by atoms with E-state index in [0.717, 1.165) is 56.1 Å². The van der Waals surface area contributed by atoms with Gasteiger partial charge in [0.2, 0.25) is 5.95 Å². The van der Waals surface area contributed by atoms with E-state index in [1.807, 2.05) is 12.4 Å². The molecule has 10 heteroatoms. The Morgan fingerprint density at radius 3 is 2.33 bits per heavy atom. The molecular formula is C20H25F3N4O3. The molecule has 0 saturated carbocycles. The summed E-state index contributed by atoms with van der Waals surface area (Å²) in [6, 6.07) is 8.46. The zero-order valence-electron chi connectivity index (χ0n) is 16.6. The van der Waals surface area contributed by atoms with Crippen molar-refractivity contribution in [1.29, 1.82) is 0 Å². The van der Waals surface area contributed by atoms with Crippen LogP contribution in [0.15, 0.2) is 36.7 Å². The Morgan fingerprint density at radius 1 is 1.20 bits per heavy atom. The van der Waals surface area contributed by atoms with Gasteiger partial charge in [-0.3, -0.25) is 0 Å². The van der Waals surface area contributed by atoms with Crippen molar-refractivity contribution in [2.75, 3.05) is 24.5 Å². The molecule has 2 heterocycles. The summed E-state index contributed by atoms with van der Waals surface area (Å²) >= 11 is 0. The predicted molar refractivity (Wildman–Crippen MR) is 106 cm³/mol. The SMILES string of the molecule is CCNCc1cccc(-c2cnc(N3CCC(O)CC3)nc2)c1.O=C(O)C(F)(F)F. The lowest BCUT2D eigenvalue weighted by atomic mass is 10.1. The molecule has 0 unspecified atom stereocenters. The Kier molecular flexibility index (Phi) is 8.55. The highest BCUT2D eigenvalue weighted by molar-refractivity contribution is 5.73. The number of alkyl halides is 3. The molecule has 1 saturated heterocycles. The van der Waals surface area contributed by atoms with Gasteiger partial charge in [-0.05, 0) is 36.6 Å². The van der Waals surface area contributed by atoms with Gasteiger partial charge in [0.15, 0.2) is 0 Å². The van der Waals surface area contributed by atoms with Crippen LogP contribution in [0.2, 0.25) is 0 Å². The van der Waals surface area contributed by atoms with Gasteiger partial charge >= 0.3 is 12.1 Å². The number of nitrogens with one attached hydrogen (secondary N) is 1. The topological polar surface area (TPSA) is 98.6 Å². The number of nitrogens with zero attached hydrogens (tertiary/aromatic N) is 3. The van der Waals surface area contributed by atoms with Gasteiger partial charge in [-0.1, -0.05) is 25.1 Å². The minimum Gasteiger partial charge on any atom is -0.475 e. The fourth-order valence-electron chi connectivity index (χ4n) is 2.83. The summed E-state index contributed by atoms with van der Waals surface area (Å²) in [7, 11) is 0. The smallest absolute Gasteiger partial charge is 0.475 e. The lowest BCUT2D eigenvalue weighted by molar-refractivity contribution is -0.192. The molecule has 1 aliphatic rings. The standard InChI is InChI=1S/C18H24N4O.C2HF3O2/c1-2-19-11-14-4-3-5-15(10-14)16-12-20-18(21-13-16)22-8-6-17(23)7-9-22;3-2(4,5)1(6)7/h3-5,10,12-13,17,19,23H,2,6-9,11H2,1H3;(H,6,7).